The maximum Gasteiger partial charge on any atom is 0.238 e. The smallest absolute Gasteiger partial charge is 0.238 e. The quantitative estimate of drug-likeness (QED) is 0.903. The lowest BCUT2D eigenvalue weighted by Crippen LogP contribution is -2.37. The Kier molecular flexibility index (Phi) is 5.08. The van der Waals surface area contributed by atoms with Crippen LogP contribution in [0.25, 0.3) is 0 Å². The largest absolute Gasteiger partial charge is 0.477 e. The highest BCUT2D eigenvalue weighted by Gasteiger charge is 2.22. The Morgan fingerprint density at radius 1 is 1.25 bits per heavy atom. The Balaban J connectivity index is 1.99. The zero-order valence-corrected chi connectivity index (χ0v) is 13.5. The van der Waals surface area contributed by atoms with Crippen molar-refractivity contribution in [1.82, 2.24) is 9.97 Å². The molecule has 1 aromatic heterocycles. The van der Waals surface area contributed by atoms with Gasteiger partial charge in [-0.1, -0.05) is 18.2 Å². The molecule has 0 bridgehead atoms. The van der Waals surface area contributed by atoms with E-state index in [9.17, 15) is 5.26 Å². The average molecular weight is 325 g/mol. The zero-order valence-electron chi connectivity index (χ0n) is 13.5. The van der Waals surface area contributed by atoms with Crippen molar-refractivity contribution < 1.29 is 9.47 Å². The van der Waals surface area contributed by atoms with E-state index in [1.165, 1.54) is 0 Å². The first-order chi connectivity index (χ1) is 11.8. The van der Waals surface area contributed by atoms with Crippen molar-refractivity contribution in [2.24, 2.45) is 0 Å². The number of rotatable bonds is 5. The summed E-state index contributed by atoms with van der Waals surface area (Å²) in [5, 5.41) is 12.7. The van der Waals surface area contributed by atoms with Crippen molar-refractivity contribution in [2.45, 2.75) is 6.92 Å². The highest BCUT2D eigenvalue weighted by Crippen LogP contribution is 2.28. The lowest BCUT2D eigenvalue weighted by Gasteiger charge is -2.29. The molecule has 1 aliphatic heterocycles. The first kappa shape index (κ1) is 16.0. The summed E-state index contributed by atoms with van der Waals surface area (Å²) in [6, 6.07) is 11.8. The van der Waals surface area contributed by atoms with E-state index in [0.717, 1.165) is 5.69 Å². The number of benzene rings is 1. The van der Waals surface area contributed by atoms with E-state index in [4.69, 9.17) is 9.47 Å². The summed E-state index contributed by atoms with van der Waals surface area (Å²) < 4.78 is 10.9. The van der Waals surface area contributed by atoms with E-state index >= 15 is 0 Å². The fraction of sp³-hybridized carbons (Fsp3) is 0.353. The number of aromatic nitrogens is 2. The van der Waals surface area contributed by atoms with Crippen LogP contribution in [0.2, 0.25) is 0 Å². The molecule has 0 amide bonds. The van der Waals surface area contributed by atoms with Crippen molar-refractivity contribution in [3.63, 3.8) is 0 Å². The van der Waals surface area contributed by atoms with Crippen molar-refractivity contribution >= 4 is 17.5 Å². The second kappa shape index (κ2) is 7.62. The molecule has 2 aromatic rings. The molecule has 1 N–H and O–H groups in total. The normalized spacial score (nSPS) is 14.1. The molecule has 1 fully saturated rings. The number of hydrogen-bond donors (Lipinski definition) is 1. The number of para-hydroxylation sites is 1. The maximum absolute atomic E-state index is 9.55. The van der Waals surface area contributed by atoms with E-state index in [1.54, 1.807) is 0 Å². The molecular formula is C17H19N5O2. The molecule has 1 saturated heterocycles. The Labute approximate surface area is 140 Å². The van der Waals surface area contributed by atoms with Gasteiger partial charge in [0.1, 0.15) is 6.07 Å². The first-order valence-electron chi connectivity index (χ1n) is 7.91. The number of hydrogen-bond acceptors (Lipinski definition) is 7. The molecular weight excluding hydrogens is 306 g/mol. The van der Waals surface area contributed by atoms with Crippen LogP contribution in [0.1, 0.15) is 12.5 Å². The SMILES string of the molecule is CCOc1nc(Nc2ccccc2)nc(N2CCOCC2)c1C#N. The molecule has 24 heavy (non-hydrogen) atoms. The maximum atomic E-state index is 9.55. The van der Waals surface area contributed by atoms with Gasteiger partial charge in [-0.05, 0) is 19.1 Å². The Morgan fingerprint density at radius 2 is 2.00 bits per heavy atom. The van der Waals surface area contributed by atoms with E-state index < -0.39 is 0 Å². The van der Waals surface area contributed by atoms with Gasteiger partial charge in [0.25, 0.3) is 0 Å². The molecule has 0 spiro atoms. The number of nitrogens with zero attached hydrogens (tertiary/aromatic N) is 4. The molecule has 0 saturated carbocycles. The topological polar surface area (TPSA) is 83.3 Å². The van der Waals surface area contributed by atoms with Crippen LogP contribution in [0, 0.1) is 11.3 Å². The lowest BCUT2D eigenvalue weighted by molar-refractivity contribution is 0.122. The second-order valence-electron chi connectivity index (χ2n) is 5.19. The van der Waals surface area contributed by atoms with Crippen molar-refractivity contribution in [1.29, 1.82) is 5.26 Å². The Hall–Kier alpha value is -2.85. The molecule has 2 heterocycles. The molecule has 7 heteroatoms. The van der Waals surface area contributed by atoms with Gasteiger partial charge in [0.15, 0.2) is 11.4 Å². The molecule has 0 unspecified atom stereocenters. The van der Waals surface area contributed by atoms with Crippen LogP contribution in [-0.2, 0) is 4.74 Å². The van der Waals surface area contributed by atoms with Gasteiger partial charge in [-0.15, -0.1) is 0 Å². The summed E-state index contributed by atoms with van der Waals surface area (Å²) in [5.41, 5.74) is 1.23. The van der Waals surface area contributed by atoms with Gasteiger partial charge in [-0.3, -0.25) is 0 Å². The fourth-order valence-electron chi connectivity index (χ4n) is 2.48. The van der Waals surface area contributed by atoms with E-state index in [0.29, 0.717) is 56.1 Å². The van der Waals surface area contributed by atoms with E-state index in [-0.39, 0.29) is 0 Å². The summed E-state index contributed by atoms with van der Waals surface area (Å²) in [6.45, 7) is 4.88. The third-order valence-corrected chi connectivity index (χ3v) is 3.59. The van der Waals surface area contributed by atoms with Crippen molar-refractivity contribution in [3.8, 4) is 11.9 Å². The predicted molar refractivity (Wildman–Crippen MR) is 90.7 cm³/mol. The Bertz CT molecular complexity index is 724. The highest BCUT2D eigenvalue weighted by molar-refractivity contribution is 5.63. The number of morpholine rings is 1. The standard InChI is InChI=1S/C17H19N5O2/c1-2-24-16-14(12-18)15(22-8-10-23-11-9-22)20-17(21-16)19-13-6-4-3-5-7-13/h3-7H,2,8-11H2,1H3,(H,19,20,21). The molecule has 1 aliphatic rings. The molecule has 0 aliphatic carbocycles. The molecule has 1 aromatic carbocycles. The minimum atomic E-state index is 0.301. The summed E-state index contributed by atoms with van der Waals surface area (Å²) in [6.07, 6.45) is 0. The minimum Gasteiger partial charge on any atom is -0.477 e. The molecule has 124 valence electrons. The minimum absolute atomic E-state index is 0.301. The van der Waals surface area contributed by atoms with Gasteiger partial charge in [-0.25, -0.2) is 0 Å². The van der Waals surface area contributed by atoms with Gasteiger partial charge in [0.05, 0.1) is 19.8 Å². The number of nitriles is 1. The van der Waals surface area contributed by atoms with Crippen LogP contribution in [0.5, 0.6) is 5.88 Å². The summed E-state index contributed by atoms with van der Waals surface area (Å²) in [5.74, 6) is 1.29. The van der Waals surface area contributed by atoms with Crippen LogP contribution < -0.4 is 15.0 Å². The summed E-state index contributed by atoms with van der Waals surface area (Å²) in [4.78, 5) is 10.9. The summed E-state index contributed by atoms with van der Waals surface area (Å²) in [7, 11) is 0. The van der Waals surface area contributed by atoms with Gasteiger partial charge >= 0.3 is 0 Å². The van der Waals surface area contributed by atoms with Crippen LogP contribution in [-0.4, -0.2) is 42.9 Å². The molecule has 7 nitrogen and oxygen atoms in total. The summed E-state index contributed by atoms with van der Waals surface area (Å²) >= 11 is 0. The Morgan fingerprint density at radius 3 is 2.67 bits per heavy atom. The van der Waals surface area contributed by atoms with Crippen LogP contribution in [0.15, 0.2) is 30.3 Å². The highest BCUT2D eigenvalue weighted by atomic mass is 16.5. The van der Waals surface area contributed by atoms with Gasteiger partial charge in [-0.2, -0.15) is 15.2 Å². The first-order valence-corrected chi connectivity index (χ1v) is 7.91. The third kappa shape index (κ3) is 3.55. The number of anilines is 3. The van der Waals surface area contributed by atoms with Crippen LogP contribution >= 0.6 is 0 Å². The van der Waals surface area contributed by atoms with Crippen LogP contribution in [0.4, 0.5) is 17.5 Å². The fourth-order valence-corrected chi connectivity index (χ4v) is 2.48. The van der Waals surface area contributed by atoms with Gasteiger partial charge in [0.2, 0.25) is 11.8 Å². The third-order valence-electron chi connectivity index (χ3n) is 3.59. The monoisotopic (exact) mass is 325 g/mol. The molecule has 0 atom stereocenters. The number of nitrogens with one attached hydrogen (secondary N) is 1. The molecule has 0 radical (unpaired) electrons. The van der Waals surface area contributed by atoms with Crippen molar-refractivity contribution in [2.75, 3.05) is 43.1 Å². The van der Waals surface area contributed by atoms with E-state index in [2.05, 4.69) is 21.4 Å². The van der Waals surface area contributed by atoms with Gasteiger partial charge in [0, 0.05) is 18.8 Å². The number of ether oxygens (including phenoxy) is 2. The van der Waals surface area contributed by atoms with Crippen LogP contribution in [0.3, 0.4) is 0 Å². The van der Waals surface area contributed by atoms with Crippen molar-refractivity contribution in [3.05, 3.63) is 35.9 Å². The molecule has 3 rings (SSSR count). The lowest BCUT2D eigenvalue weighted by atomic mass is 10.2. The average Bonchev–Trinajstić information content (AvgIpc) is 2.63. The predicted octanol–water partition coefficient (Wildman–Crippen LogP) is 2.33. The van der Waals surface area contributed by atoms with E-state index in [1.807, 2.05) is 42.2 Å². The second-order valence-corrected chi connectivity index (χ2v) is 5.19. The zero-order chi connectivity index (χ0) is 16.8. The van der Waals surface area contributed by atoms with Gasteiger partial charge < -0.3 is 19.7 Å².